The Morgan fingerprint density at radius 1 is 1.28 bits per heavy atom. The van der Waals surface area contributed by atoms with E-state index in [1.807, 2.05) is 23.7 Å². The third kappa shape index (κ3) is 2.85. The van der Waals surface area contributed by atoms with Crippen LogP contribution in [0.3, 0.4) is 0 Å². The lowest BCUT2D eigenvalue weighted by Crippen LogP contribution is -2.03. The minimum Gasteiger partial charge on any atom is -0.486 e. The molecule has 4 heteroatoms. The molecule has 0 aliphatic heterocycles. The second-order valence-corrected chi connectivity index (χ2v) is 4.96. The Hall–Kier alpha value is -1.48. The molecular formula is C14H17ClN2O. The number of benzene rings is 1. The number of hydrogen-bond acceptors (Lipinski definition) is 2. The molecule has 3 nitrogen and oxygen atoms in total. The smallest absolute Gasteiger partial charge is 0.147 e. The van der Waals surface area contributed by atoms with Gasteiger partial charge in [0.1, 0.15) is 23.3 Å². The summed E-state index contributed by atoms with van der Waals surface area (Å²) in [5.41, 5.74) is 1.31. The Morgan fingerprint density at radius 3 is 2.44 bits per heavy atom. The van der Waals surface area contributed by atoms with Crippen LogP contribution in [0.2, 0.25) is 5.15 Å². The minimum atomic E-state index is 0.421. The van der Waals surface area contributed by atoms with Crippen LogP contribution in [0.15, 0.2) is 30.5 Å². The molecular weight excluding hydrogens is 248 g/mol. The molecule has 0 aliphatic rings. The fourth-order valence-electron chi connectivity index (χ4n) is 1.66. The van der Waals surface area contributed by atoms with E-state index in [2.05, 4.69) is 31.0 Å². The first-order chi connectivity index (χ1) is 8.58. The van der Waals surface area contributed by atoms with Crippen LogP contribution in [0.1, 0.15) is 31.2 Å². The van der Waals surface area contributed by atoms with Gasteiger partial charge < -0.3 is 9.30 Å². The standard InChI is InChI=1S/C14H17ClN2O/c1-10(2)11-4-6-12(7-5-11)18-9-14-16-8-13(15)17(14)3/h4-8,10H,9H2,1-3H3. The van der Waals surface area contributed by atoms with E-state index < -0.39 is 0 Å². The van der Waals surface area contributed by atoms with Crippen LogP contribution in [0.4, 0.5) is 0 Å². The van der Waals surface area contributed by atoms with E-state index in [9.17, 15) is 0 Å². The lowest BCUT2D eigenvalue weighted by atomic mass is 10.0. The number of imidazole rings is 1. The van der Waals surface area contributed by atoms with E-state index in [0.29, 0.717) is 17.7 Å². The molecule has 2 aromatic rings. The van der Waals surface area contributed by atoms with Gasteiger partial charge >= 0.3 is 0 Å². The summed E-state index contributed by atoms with van der Waals surface area (Å²) in [4.78, 5) is 4.18. The van der Waals surface area contributed by atoms with E-state index in [0.717, 1.165) is 11.6 Å². The average Bonchev–Trinajstić information content (AvgIpc) is 2.68. The topological polar surface area (TPSA) is 27.1 Å². The highest BCUT2D eigenvalue weighted by molar-refractivity contribution is 6.29. The molecule has 1 heterocycles. The number of nitrogens with zero attached hydrogens (tertiary/aromatic N) is 2. The van der Waals surface area contributed by atoms with Gasteiger partial charge in [0, 0.05) is 7.05 Å². The maximum absolute atomic E-state index is 5.91. The van der Waals surface area contributed by atoms with E-state index in [1.54, 1.807) is 6.20 Å². The van der Waals surface area contributed by atoms with Gasteiger partial charge in [0.25, 0.3) is 0 Å². The molecule has 0 N–H and O–H groups in total. The summed E-state index contributed by atoms with van der Waals surface area (Å²) in [6.45, 7) is 4.77. The summed E-state index contributed by atoms with van der Waals surface area (Å²) in [7, 11) is 1.87. The van der Waals surface area contributed by atoms with Crippen molar-refractivity contribution in [2.75, 3.05) is 0 Å². The van der Waals surface area contributed by atoms with Crippen molar-refractivity contribution in [2.24, 2.45) is 7.05 Å². The molecule has 0 fully saturated rings. The van der Waals surface area contributed by atoms with Gasteiger partial charge in [-0.2, -0.15) is 0 Å². The quantitative estimate of drug-likeness (QED) is 0.840. The van der Waals surface area contributed by atoms with Gasteiger partial charge in [0.15, 0.2) is 0 Å². The molecule has 0 aliphatic carbocycles. The first kappa shape index (κ1) is 13.0. The molecule has 0 spiro atoms. The highest BCUT2D eigenvalue weighted by atomic mass is 35.5. The van der Waals surface area contributed by atoms with E-state index >= 15 is 0 Å². The lowest BCUT2D eigenvalue weighted by Gasteiger charge is -2.09. The molecule has 0 saturated carbocycles. The number of rotatable bonds is 4. The number of halogens is 1. The molecule has 0 amide bonds. The van der Waals surface area contributed by atoms with Crippen molar-refractivity contribution in [1.29, 1.82) is 0 Å². The number of aromatic nitrogens is 2. The molecule has 0 radical (unpaired) electrons. The lowest BCUT2D eigenvalue weighted by molar-refractivity contribution is 0.291. The molecule has 0 saturated heterocycles. The number of ether oxygens (including phenoxy) is 1. The maximum Gasteiger partial charge on any atom is 0.147 e. The SMILES string of the molecule is CC(C)c1ccc(OCc2ncc(Cl)n2C)cc1. The summed E-state index contributed by atoms with van der Waals surface area (Å²) in [5.74, 6) is 2.19. The van der Waals surface area contributed by atoms with Crippen molar-refractivity contribution in [3.8, 4) is 5.75 Å². The van der Waals surface area contributed by atoms with Gasteiger partial charge in [-0.1, -0.05) is 37.6 Å². The Labute approximate surface area is 112 Å². The van der Waals surface area contributed by atoms with Gasteiger partial charge in [-0.3, -0.25) is 0 Å². The first-order valence-electron chi connectivity index (χ1n) is 5.96. The summed E-state index contributed by atoms with van der Waals surface area (Å²) in [6, 6.07) is 8.15. The maximum atomic E-state index is 5.91. The first-order valence-corrected chi connectivity index (χ1v) is 6.34. The molecule has 2 rings (SSSR count). The van der Waals surface area contributed by atoms with Gasteiger partial charge in [0.05, 0.1) is 6.20 Å². The fraction of sp³-hybridized carbons (Fsp3) is 0.357. The van der Waals surface area contributed by atoms with Crippen molar-refractivity contribution in [2.45, 2.75) is 26.4 Å². The van der Waals surface area contributed by atoms with E-state index in [-0.39, 0.29) is 0 Å². The monoisotopic (exact) mass is 264 g/mol. The van der Waals surface area contributed by atoms with Crippen LogP contribution in [0.5, 0.6) is 5.75 Å². The van der Waals surface area contributed by atoms with Gasteiger partial charge in [-0.05, 0) is 23.6 Å². The van der Waals surface area contributed by atoms with Crippen LogP contribution in [0, 0.1) is 0 Å². The number of hydrogen-bond donors (Lipinski definition) is 0. The molecule has 1 aromatic heterocycles. The Bertz CT molecular complexity index is 517. The zero-order valence-electron chi connectivity index (χ0n) is 10.9. The van der Waals surface area contributed by atoms with E-state index in [1.165, 1.54) is 5.56 Å². The molecule has 0 unspecified atom stereocenters. The van der Waals surface area contributed by atoms with Crippen LogP contribution < -0.4 is 4.74 Å². The van der Waals surface area contributed by atoms with Crippen LogP contribution in [-0.4, -0.2) is 9.55 Å². The second-order valence-electron chi connectivity index (χ2n) is 4.57. The Kier molecular flexibility index (Phi) is 3.92. The van der Waals surface area contributed by atoms with Crippen molar-refractivity contribution in [3.05, 3.63) is 47.0 Å². The third-order valence-electron chi connectivity index (χ3n) is 2.94. The molecule has 96 valence electrons. The zero-order chi connectivity index (χ0) is 13.1. The fourth-order valence-corrected chi connectivity index (χ4v) is 1.80. The van der Waals surface area contributed by atoms with Crippen molar-refractivity contribution in [3.63, 3.8) is 0 Å². The van der Waals surface area contributed by atoms with Gasteiger partial charge in [-0.15, -0.1) is 0 Å². The predicted molar refractivity (Wildman–Crippen MR) is 73.1 cm³/mol. The molecule has 18 heavy (non-hydrogen) atoms. The molecule has 1 aromatic carbocycles. The minimum absolute atomic E-state index is 0.421. The van der Waals surface area contributed by atoms with E-state index in [4.69, 9.17) is 16.3 Å². The summed E-state index contributed by atoms with van der Waals surface area (Å²) < 4.78 is 7.49. The molecule has 0 atom stereocenters. The normalized spacial score (nSPS) is 10.9. The Morgan fingerprint density at radius 2 is 1.94 bits per heavy atom. The highest BCUT2D eigenvalue weighted by Gasteiger charge is 2.05. The largest absolute Gasteiger partial charge is 0.486 e. The predicted octanol–water partition coefficient (Wildman–Crippen LogP) is 3.78. The van der Waals surface area contributed by atoms with Crippen molar-refractivity contribution >= 4 is 11.6 Å². The average molecular weight is 265 g/mol. The summed E-state index contributed by atoms with van der Waals surface area (Å²) in [5, 5.41) is 0.615. The van der Waals surface area contributed by atoms with Crippen molar-refractivity contribution < 1.29 is 4.74 Å². The molecule has 0 bridgehead atoms. The summed E-state index contributed by atoms with van der Waals surface area (Å²) in [6.07, 6.45) is 1.63. The Balaban J connectivity index is 2.00. The van der Waals surface area contributed by atoms with Crippen LogP contribution >= 0.6 is 11.6 Å². The highest BCUT2D eigenvalue weighted by Crippen LogP contribution is 2.19. The van der Waals surface area contributed by atoms with Crippen molar-refractivity contribution in [1.82, 2.24) is 9.55 Å². The van der Waals surface area contributed by atoms with Crippen LogP contribution in [0.25, 0.3) is 0 Å². The third-order valence-corrected chi connectivity index (χ3v) is 3.29. The zero-order valence-corrected chi connectivity index (χ0v) is 11.6. The van der Waals surface area contributed by atoms with Gasteiger partial charge in [-0.25, -0.2) is 4.98 Å². The summed E-state index contributed by atoms with van der Waals surface area (Å²) >= 11 is 5.91. The van der Waals surface area contributed by atoms with Crippen LogP contribution in [-0.2, 0) is 13.7 Å². The second kappa shape index (κ2) is 5.44. The van der Waals surface area contributed by atoms with Gasteiger partial charge in [0.2, 0.25) is 0 Å².